The van der Waals surface area contributed by atoms with Crippen molar-refractivity contribution in [1.29, 1.82) is 0 Å². The topological polar surface area (TPSA) is 64.4 Å². The third-order valence-electron chi connectivity index (χ3n) is 3.08. The second-order valence-electron chi connectivity index (χ2n) is 4.34. The van der Waals surface area contributed by atoms with Gasteiger partial charge in [-0.2, -0.15) is 4.39 Å². The van der Waals surface area contributed by atoms with E-state index in [9.17, 15) is 14.5 Å². The minimum Gasteiger partial charge on any atom is -0.487 e. The molecular formula is C12H15FN2O3. The van der Waals surface area contributed by atoms with Crippen molar-refractivity contribution in [3.05, 3.63) is 34.1 Å². The normalized spacial score (nSPS) is 18.8. The summed E-state index contributed by atoms with van der Waals surface area (Å²) in [5.41, 5.74) is -0.581. The van der Waals surface area contributed by atoms with Gasteiger partial charge in [-0.25, -0.2) is 0 Å². The average molecular weight is 254 g/mol. The van der Waals surface area contributed by atoms with E-state index in [0.717, 1.165) is 32.0 Å². The number of ether oxygens (including phenoxy) is 1. The van der Waals surface area contributed by atoms with Crippen LogP contribution in [0.3, 0.4) is 0 Å². The SMILES string of the molecule is O=[N+]([O-])c1c(F)cccc1OCCC1CCNC1. The number of nitro groups is 1. The fourth-order valence-electron chi connectivity index (χ4n) is 2.09. The third-order valence-corrected chi connectivity index (χ3v) is 3.08. The highest BCUT2D eigenvalue weighted by atomic mass is 19.1. The Morgan fingerprint density at radius 1 is 1.56 bits per heavy atom. The molecule has 1 aromatic rings. The van der Waals surface area contributed by atoms with Gasteiger partial charge < -0.3 is 10.1 Å². The zero-order valence-corrected chi connectivity index (χ0v) is 9.89. The molecule has 1 saturated heterocycles. The highest BCUT2D eigenvalue weighted by Crippen LogP contribution is 2.29. The molecule has 0 spiro atoms. The van der Waals surface area contributed by atoms with Crippen LogP contribution in [0, 0.1) is 21.8 Å². The first-order valence-corrected chi connectivity index (χ1v) is 5.95. The maximum atomic E-state index is 13.3. The van der Waals surface area contributed by atoms with Gasteiger partial charge in [0, 0.05) is 0 Å². The summed E-state index contributed by atoms with van der Waals surface area (Å²) in [5, 5.41) is 14.0. The van der Waals surface area contributed by atoms with Gasteiger partial charge in [0.25, 0.3) is 0 Å². The number of rotatable bonds is 5. The number of hydrogen-bond acceptors (Lipinski definition) is 4. The third kappa shape index (κ3) is 2.95. The number of nitrogens with one attached hydrogen (secondary N) is 1. The van der Waals surface area contributed by atoms with Crippen LogP contribution in [-0.4, -0.2) is 24.6 Å². The van der Waals surface area contributed by atoms with Crippen LogP contribution in [0.1, 0.15) is 12.8 Å². The molecule has 6 heteroatoms. The number of nitrogens with zero attached hydrogens (tertiary/aromatic N) is 1. The molecule has 1 heterocycles. The van der Waals surface area contributed by atoms with Crippen molar-refractivity contribution in [2.24, 2.45) is 5.92 Å². The van der Waals surface area contributed by atoms with Gasteiger partial charge in [0.05, 0.1) is 11.5 Å². The van der Waals surface area contributed by atoms with E-state index in [1.54, 1.807) is 0 Å². The van der Waals surface area contributed by atoms with E-state index in [2.05, 4.69) is 5.32 Å². The van der Waals surface area contributed by atoms with Crippen molar-refractivity contribution in [3.8, 4) is 5.75 Å². The molecule has 2 rings (SSSR count). The molecule has 5 nitrogen and oxygen atoms in total. The molecule has 1 fully saturated rings. The van der Waals surface area contributed by atoms with Crippen LogP contribution < -0.4 is 10.1 Å². The van der Waals surface area contributed by atoms with E-state index >= 15 is 0 Å². The number of halogens is 1. The number of benzene rings is 1. The van der Waals surface area contributed by atoms with Crippen molar-refractivity contribution < 1.29 is 14.1 Å². The smallest absolute Gasteiger partial charge is 0.346 e. The number of para-hydroxylation sites is 1. The Bertz CT molecular complexity index is 433. The summed E-state index contributed by atoms with van der Waals surface area (Å²) in [4.78, 5) is 9.99. The molecule has 1 atom stereocenters. The summed E-state index contributed by atoms with van der Waals surface area (Å²) >= 11 is 0. The minimum absolute atomic E-state index is 0.00551. The zero-order valence-electron chi connectivity index (χ0n) is 9.89. The quantitative estimate of drug-likeness (QED) is 0.645. The Morgan fingerprint density at radius 3 is 3.06 bits per heavy atom. The first kappa shape index (κ1) is 12.8. The Balaban J connectivity index is 1.96. The summed E-state index contributed by atoms with van der Waals surface area (Å²) in [5.74, 6) is -0.316. The Hall–Kier alpha value is -1.69. The molecular weight excluding hydrogens is 239 g/mol. The van der Waals surface area contributed by atoms with Crippen LogP contribution in [0.25, 0.3) is 0 Å². The summed E-state index contributed by atoms with van der Waals surface area (Å²) in [7, 11) is 0. The van der Waals surface area contributed by atoms with E-state index in [1.165, 1.54) is 12.1 Å². The van der Waals surface area contributed by atoms with Crippen LogP contribution in [0.4, 0.5) is 10.1 Å². The van der Waals surface area contributed by atoms with Gasteiger partial charge in [-0.1, -0.05) is 6.07 Å². The fourth-order valence-corrected chi connectivity index (χ4v) is 2.09. The van der Waals surface area contributed by atoms with E-state index in [4.69, 9.17) is 4.74 Å². The Kier molecular flexibility index (Phi) is 4.09. The average Bonchev–Trinajstić information content (AvgIpc) is 2.81. The highest BCUT2D eigenvalue weighted by Gasteiger charge is 2.21. The summed E-state index contributed by atoms with van der Waals surface area (Å²) in [6.07, 6.45) is 1.91. The van der Waals surface area contributed by atoms with Crippen molar-refractivity contribution >= 4 is 5.69 Å². The van der Waals surface area contributed by atoms with Crippen molar-refractivity contribution in [2.75, 3.05) is 19.7 Å². The van der Waals surface area contributed by atoms with Gasteiger partial charge in [0.15, 0.2) is 5.75 Å². The van der Waals surface area contributed by atoms with E-state index < -0.39 is 16.4 Å². The molecule has 1 aromatic carbocycles. The maximum Gasteiger partial charge on any atom is 0.346 e. The molecule has 1 aliphatic heterocycles. The van der Waals surface area contributed by atoms with Gasteiger partial charge in [-0.05, 0) is 44.0 Å². The van der Waals surface area contributed by atoms with Crippen LogP contribution in [0.2, 0.25) is 0 Å². The predicted octanol–water partition coefficient (Wildman–Crippen LogP) is 2.11. The van der Waals surface area contributed by atoms with Gasteiger partial charge in [0.2, 0.25) is 5.82 Å². The molecule has 98 valence electrons. The van der Waals surface area contributed by atoms with E-state index in [0.29, 0.717) is 12.5 Å². The largest absolute Gasteiger partial charge is 0.487 e. The second-order valence-corrected chi connectivity index (χ2v) is 4.34. The minimum atomic E-state index is -0.861. The van der Waals surface area contributed by atoms with Gasteiger partial charge >= 0.3 is 5.69 Å². The summed E-state index contributed by atoms with van der Waals surface area (Å²) in [6, 6.07) is 3.90. The van der Waals surface area contributed by atoms with Gasteiger partial charge in [-0.15, -0.1) is 0 Å². The van der Waals surface area contributed by atoms with Crippen LogP contribution in [0.5, 0.6) is 5.75 Å². The second kappa shape index (κ2) is 5.77. The number of hydrogen-bond donors (Lipinski definition) is 1. The lowest BCUT2D eigenvalue weighted by atomic mass is 10.1. The standard InChI is InChI=1S/C12H15FN2O3/c13-10-2-1-3-11(12(10)15(16)17)18-7-5-9-4-6-14-8-9/h1-3,9,14H,4-8H2. The van der Waals surface area contributed by atoms with Crippen molar-refractivity contribution in [2.45, 2.75) is 12.8 Å². The lowest BCUT2D eigenvalue weighted by Crippen LogP contribution is -2.12. The molecule has 18 heavy (non-hydrogen) atoms. The molecule has 0 aliphatic carbocycles. The molecule has 0 radical (unpaired) electrons. The lowest BCUT2D eigenvalue weighted by Gasteiger charge is -2.10. The van der Waals surface area contributed by atoms with Crippen molar-refractivity contribution in [1.82, 2.24) is 5.32 Å². The van der Waals surface area contributed by atoms with Crippen molar-refractivity contribution in [3.63, 3.8) is 0 Å². The predicted molar refractivity (Wildman–Crippen MR) is 64.1 cm³/mol. The maximum absolute atomic E-state index is 13.3. The molecule has 1 unspecified atom stereocenters. The van der Waals surface area contributed by atoms with Crippen LogP contribution in [0.15, 0.2) is 18.2 Å². The molecule has 0 saturated carbocycles. The van der Waals surface area contributed by atoms with Crippen LogP contribution >= 0.6 is 0 Å². The van der Waals surface area contributed by atoms with Gasteiger partial charge in [-0.3, -0.25) is 10.1 Å². The molecule has 1 N–H and O–H groups in total. The first-order valence-electron chi connectivity index (χ1n) is 5.95. The monoisotopic (exact) mass is 254 g/mol. The summed E-state index contributed by atoms with van der Waals surface area (Å²) < 4.78 is 18.6. The molecule has 0 bridgehead atoms. The zero-order chi connectivity index (χ0) is 13.0. The Morgan fingerprint density at radius 2 is 2.39 bits per heavy atom. The number of nitro benzene ring substituents is 1. The Labute approximate surface area is 104 Å². The van der Waals surface area contributed by atoms with Gasteiger partial charge in [0.1, 0.15) is 0 Å². The lowest BCUT2D eigenvalue weighted by molar-refractivity contribution is -0.388. The van der Waals surface area contributed by atoms with Crippen LogP contribution in [-0.2, 0) is 0 Å². The van der Waals surface area contributed by atoms with E-state index in [1.807, 2.05) is 0 Å². The highest BCUT2D eigenvalue weighted by molar-refractivity contribution is 5.47. The first-order chi connectivity index (χ1) is 8.68. The van der Waals surface area contributed by atoms with E-state index in [-0.39, 0.29) is 5.75 Å². The molecule has 0 aromatic heterocycles. The fraction of sp³-hybridized carbons (Fsp3) is 0.500. The molecule has 0 amide bonds. The molecule has 1 aliphatic rings. The summed E-state index contributed by atoms with van der Waals surface area (Å²) in [6.45, 7) is 2.33.